The second-order valence-electron chi connectivity index (χ2n) is 12.4. The van der Waals surface area contributed by atoms with Crippen LogP contribution in [-0.2, 0) is 49.2 Å². The van der Waals surface area contributed by atoms with E-state index in [2.05, 4.69) is 16.0 Å². The lowest BCUT2D eigenvalue weighted by atomic mass is 9.88. The molecule has 3 aliphatic rings. The van der Waals surface area contributed by atoms with Gasteiger partial charge in [0, 0.05) is 27.7 Å². The van der Waals surface area contributed by atoms with Crippen molar-refractivity contribution in [3.8, 4) is 0 Å². The molecule has 15 nitrogen and oxygen atoms in total. The number of benzene rings is 3. The fraction of sp³-hybridized carbons (Fsp3) is 0.333. The molecule has 3 aromatic carbocycles. The molecule has 3 aromatic rings. The highest BCUT2D eigenvalue weighted by Crippen LogP contribution is 2.36. The van der Waals surface area contributed by atoms with Gasteiger partial charge in [-0.15, -0.1) is 11.8 Å². The number of aryl methyl sites for hydroxylation is 3. The van der Waals surface area contributed by atoms with E-state index in [0.717, 1.165) is 32.7 Å². The highest BCUT2D eigenvalue weighted by atomic mass is 32.2. The van der Waals surface area contributed by atoms with Crippen LogP contribution in [0.5, 0.6) is 0 Å². The summed E-state index contributed by atoms with van der Waals surface area (Å²) >= 11 is 1.58. The molecule has 52 heavy (non-hydrogen) atoms. The number of amides is 3. The Kier molecular flexibility index (Phi) is 10.8. The molecule has 0 bridgehead atoms. The molecule has 3 saturated heterocycles. The summed E-state index contributed by atoms with van der Waals surface area (Å²) in [7, 11) is 0. The van der Waals surface area contributed by atoms with Crippen molar-refractivity contribution in [3.63, 3.8) is 0 Å². The first-order chi connectivity index (χ1) is 24.9. The first-order valence-electron chi connectivity index (χ1n) is 16.3. The number of thioether (sulfide) groups is 1. The van der Waals surface area contributed by atoms with E-state index in [9.17, 15) is 28.8 Å². The molecule has 6 rings (SSSR count). The first kappa shape index (κ1) is 36.0. The molecule has 3 amide bonds. The number of rotatable bonds is 12. The molecule has 3 aliphatic heterocycles. The van der Waals surface area contributed by atoms with E-state index in [-0.39, 0.29) is 25.7 Å². The molecule has 3 N–H and O–H groups in total. The molecule has 3 fully saturated rings. The van der Waals surface area contributed by atoms with Crippen molar-refractivity contribution in [2.75, 3.05) is 41.5 Å². The second-order valence-corrected chi connectivity index (χ2v) is 13.4. The van der Waals surface area contributed by atoms with Gasteiger partial charge >= 0.3 is 18.5 Å². The van der Waals surface area contributed by atoms with Crippen LogP contribution >= 0.6 is 11.8 Å². The third-order valence-corrected chi connectivity index (χ3v) is 9.94. The summed E-state index contributed by atoms with van der Waals surface area (Å²) in [5.41, 5.74) is 6.35. The Morgan fingerprint density at radius 2 is 1.08 bits per heavy atom. The van der Waals surface area contributed by atoms with E-state index in [1.165, 1.54) is 0 Å². The lowest BCUT2D eigenvalue weighted by Crippen LogP contribution is -2.29. The van der Waals surface area contributed by atoms with Gasteiger partial charge in [-0.25, -0.2) is 14.4 Å². The number of carbonyl (C=O) groups is 6. The summed E-state index contributed by atoms with van der Waals surface area (Å²) in [5.74, 6) is -1.11. The molecule has 4 unspecified atom stereocenters. The number of carbonyl (C=O) groups excluding carboxylic acids is 6. The Morgan fingerprint density at radius 1 is 0.635 bits per heavy atom. The Labute approximate surface area is 302 Å². The molecule has 0 aromatic heterocycles. The zero-order valence-electron chi connectivity index (χ0n) is 28.3. The average molecular weight is 734 g/mol. The van der Waals surface area contributed by atoms with Crippen LogP contribution in [0.2, 0.25) is 0 Å². The molecule has 0 saturated carbocycles. The van der Waals surface area contributed by atoms with Gasteiger partial charge in [-0.1, -0.05) is 18.2 Å². The van der Waals surface area contributed by atoms with Gasteiger partial charge in [0.15, 0.2) is 0 Å². The molecular weight excluding hydrogens is 698 g/mol. The van der Waals surface area contributed by atoms with Gasteiger partial charge in [0.2, 0.25) is 18.3 Å². The minimum absolute atomic E-state index is 0.143. The van der Waals surface area contributed by atoms with Gasteiger partial charge in [0.25, 0.3) is 17.7 Å². The Hall–Kier alpha value is -5.77. The van der Waals surface area contributed by atoms with E-state index < -0.39 is 54.5 Å². The van der Waals surface area contributed by atoms with Crippen molar-refractivity contribution in [1.82, 2.24) is 0 Å². The summed E-state index contributed by atoms with van der Waals surface area (Å²) in [6.45, 7) is 5.39. The van der Waals surface area contributed by atoms with Gasteiger partial charge in [0.05, 0.1) is 0 Å². The van der Waals surface area contributed by atoms with E-state index in [1.54, 1.807) is 30.0 Å². The number of hydrogen-bond acceptors (Lipinski definition) is 13. The molecule has 0 aliphatic carbocycles. The minimum Gasteiger partial charge on any atom is -0.430 e. The largest absolute Gasteiger partial charge is 0.509 e. The zero-order chi connectivity index (χ0) is 36.9. The fourth-order valence-electron chi connectivity index (χ4n) is 5.71. The van der Waals surface area contributed by atoms with E-state index in [4.69, 9.17) is 28.4 Å². The second kappa shape index (κ2) is 15.6. The van der Waals surface area contributed by atoms with Crippen molar-refractivity contribution in [3.05, 3.63) is 82.4 Å². The SMILES string of the molecule is Cc1ccc(NC(=O)C2COC(=O)O2)cc1CC(CSc1cc(NC(=O)C2COC(=O)O2)ccc1C)c1cc(NC(=O)C2COC(=O)O2)ccc1C. The van der Waals surface area contributed by atoms with Crippen LogP contribution in [-0.4, -0.2) is 80.1 Å². The van der Waals surface area contributed by atoms with Crippen molar-refractivity contribution in [1.29, 1.82) is 0 Å². The van der Waals surface area contributed by atoms with Gasteiger partial charge < -0.3 is 44.4 Å². The maximum absolute atomic E-state index is 12.9. The van der Waals surface area contributed by atoms with Crippen LogP contribution in [0.3, 0.4) is 0 Å². The molecule has 0 radical (unpaired) electrons. The Morgan fingerprint density at radius 3 is 1.56 bits per heavy atom. The smallest absolute Gasteiger partial charge is 0.430 e. The summed E-state index contributed by atoms with van der Waals surface area (Å²) in [5, 5.41) is 8.41. The molecule has 16 heteroatoms. The summed E-state index contributed by atoms with van der Waals surface area (Å²) in [4.78, 5) is 73.3. The molecule has 4 atom stereocenters. The van der Waals surface area contributed by atoms with Crippen LogP contribution in [0.4, 0.5) is 31.4 Å². The van der Waals surface area contributed by atoms with Crippen LogP contribution < -0.4 is 16.0 Å². The molecular formula is C36H35N3O12S. The normalized spacial score (nSPS) is 19.7. The lowest BCUT2D eigenvalue weighted by Gasteiger charge is -2.23. The standard InChI is InChI=1S/C36H35N3O12S/c1-18-4-7-23(37-31(40)27-14-46-34(43)49-27)11-21(18)10-22(26-12-24(8-5-19(26)2)38-32(41)28-15-47-35(44)50-28)17-52-30-13-25(9-6-20(30)3)39-33(42)29-16-48-36(45)51-29/h4-9,11-13,22,27-29H,10,14-17H2,1-3H3,(H,37,40)(H,38,41)(H,39,42). The van der Waals surface area contributed by atoms with Crippen LogP contribution in [0.15, 0.2) is 59.5 Å². The van der Waals surface area contributed by atoms with Crippen LogP contribution in [0.25, 0.3) is 0 Å². The highest BCUT2D eigenvalue weighted by Gasteiger charge is 2.34. The highest BCUT2D eigenvalue weighted by molar-refractivity contribution is 7.99. The van der Waals surface area contributed by atoms with E-state index in [0.29, 0.717) is 29.2 Å². The van der Waals surface area contributed by atoms with Gasteiger partial charge in [-0.3, -0.25) is 14.4 Å². The van der Waals surface area contributed by atoms with Gasteiger partial charge in [-0.05, 0) is 97.3 Å². The van der Waals surface area contributed by atoms with Crippen molar-refractivity contribution < 1.29 is 57.2 Å². The lowest BCUT2D eigenvalue weighted by molar-refractivity contribution is -0.123. The maximum Gasteiger partial charge on any atom is 0.509 e. The Bertz CT molecular complexity index is 1930. The monoisotopic (exact) mass is 733 g/mol. The van der Waals surface area contributed by atoms with E-state index >= 15 is 0 Å². The molecule has 272 valence electrons. The quantitative estimate of drug-likeness (QED) is 0.126. The van der Waals surface area contributed by atoms with Crippen molar-refractivity contribution in [2.45, 2.75) is 56.3 Å². The fourth-order valence-corrected chi connectivity index (χ4v) is 6.90. The molecule has 3 heterocycles. The third-order valence-electron chi connectivity index (χ3n) is 8.62. The van der Waals surface area contributed by atoms with Crippen LogP contribution in [0.1, 0.15) is 33.7 Å². The Balaban J connectivity index is 1.25. The molecule has 0 spiro atoms. The van der Waals surface area contributed by atoms with Crippen molar-refractivity contribution in [2.24, 2.45) is 0 Å². The summed E-state index contributed by atoms with van der Waals surface area (Å²) in [6, 6.07) is 16.6. The first-order valence-corrected chi connectivity index (χ1v) is 17.3. The number of nitrogens with one attached hydrogen (secondary N) is 3. The number of hydrogen-bond donors (Lipinski definition) is 3. The predicted octanol–water partition coefficient (Wildman–Crippen LogP) is 5.15. The minimum atomic E-state index is -1.06. The zero-order valence-corrected chi connectivity index (χ0v) is 29.2. The third kappa shape index (κ3) is 8.74. The topological polar surface area (TPSA) is 194 Å². The average Bonchev–Trinajstić information content (AvgIpc) is 3.88. The summed E-state index contributed by atoms with van der Waals surface area (Å²) < 4.78 is 29.0. The van der Waals surface area contributed by atoms with Gasteiger partial charge in [0.1, 0.15) is 19.8 Å². The number of anilines is 3. The van der Waals surface area contributed by atoms with E-state index in [1.807, 2.05) is 57.2 Å². The predicted molar refractivity (Wildman–Crippen MR) is 185 cm³/mol. The number of ether oxygens (including phenoxy) is 6. The van der Waals surface area contributed by atoms with Gasteiger partial charge in [-0.2, -0.15) is 0 Å². The maximum atomic E-state index is 12.9. The van der Waals surface area contributed by atoms with Crippen molar-refractivity contribution >= 4 is 65.0 Å². The summed E-state index contributed by atoms with van der Waals surface area (Å²) in [6.07, 6.45) is -5.31. The van der Waals surface area contributed by atoms with Crippen LogP contribution in [0, 0.1) is 20.8 Å². The number of cyclic esters (lactones) is 6.